The molecule has 3 aromatic rings. The number of aromatic nitrogens is 3. The third kappa shape index (κ3) is 10.9. The molecule has 0 aliphatic rings. The summed E-state index contributed by atoms with van der Waals surface area (Å²) in [7, 11) is 0. The van der Waals surface area contributed by atoms with Gasteiger partial charge in [-0.1, -0.05) is 23.2 Å². The molecule has 0 unspecified atom stereocenters. The summed E-state index contributed by atoms with van der Waals surface area (Å²) >= 11 is 12.9. The lowest BCUT2D eigenvalue weighted by Gasteiger charge is -2.28. The number of nitrogens with zero attached hydrogens (tertiary/aromatic N) is 4. The van der Waals surface area contributed by atoms with Gasteiger partial charge in [0.1, 0.15) is 28.1 Å². The topological polar surface area (TPSA) is 134 Å². The van der Waals surface area contributed by atoms with E-state index in [9.17, 15) is 14.4 Å². The number of fused-ring (bicyclic) bond motifs is 1. The van der Waals surface area contributed by atoms with Crippen LogP contribution in [0.3, 0.4) is 0 Å². The molecule has 1 N–H and O–H groups in total. The summed E-state index contributed by atoms with van der Waals surface area (Å²) in [4.78, 5) is 47.9. The number of hydrogen-bond acceptors (Lipinski definition) is 9. The Morgan fingerprint density at radius 1 is 0.870 bits per heavy atom. The number of imidazole rings is 1. The van der Waals surface area contributed by atoms with E-state index in [1.54, 1.807) is 91.4 Å². The minimum atomic E-state index is -0.950. The monoisotopic (exact) mass is 679 g/mol. The fourth-order valence-electron chi connectivity index (χ4n) is 4.08. The Balaban J connectivity index is 1.84. The lowest BCUT2D eigenvalue weighted by atomic mass is 10.2. The highest BCUT2D eigenvalue weighted by atomic mass is 35.5. The van der Waals surface area contributed by atoms with Gasteiger partial charge in [-0.05, 0) is 93.4 Å². The van der Waals surface area contributed by atoms with E-state index in [1.807, 2.05) is 0 Å². The van der Waals surface area contributed by atoms with Crippen molar-refractivity contribution in [1.29, 1.82) is 0 Å². The zero-order valence-electron chi connectivity index (χ0n) is 27.8. The van der Waals surface area contributed by atoms with E-state index in [-0.39, 0.29) is 17.9 Å². The molecule has 0 bridgehead atoms. The van der Waals surface area contributed by atoms with Crippen LogP contribution in [0, 0.1) is 0 Å². The van der Waals surface area contributed by atoms with Gasteiger partial charge in [-0.25, -0.2) is 24.4 Å². The largest absolute Gasteiger partial charge is 0.493 e. The Kier molecular flexibility index (Phi) is 11.8. The zero-order valence-corrected chi connectivity index (χ0v) is 29.3. The Bertz CT molecular complexity index is 1530. The van der Waals surface area contributed by atoms with Gasteiger partial charge in [0.25, 0.3) is 0 Å². The van der Waals surface area contributed by atoms with Gasteiger partial charge in [-0.3, -0.25) is 0 Å². The van der Waals surface area contributed by atoms with Crippen LogP contribution in [0.2, 0.25) is 10.0 Å². The number of pyridine rings is 1. The first-order valence-electron chi connectivity index (χ1n) is 14.9. The number of nitrogens with one attached hydrogen (secondary N) is 1. The first-order chi connectivity index (χ1) is 21.2. The molecule has 0 aliphatic heterocycles. The number of halogens is 2. The van der Waals surface area contributed by atoms with E-state index in [2.05, 4.69) is 15.3 Å². The lowest BCUT2D eigenvalue weighted by Crippen LogP contribution is -2.44. The predicted molar refractivity (Wildman–Crippen MR) is 177 cm³/mol. The maximum atomic E-state index is 13.3. The molecule has 0 radical (unpaired) electrons. The highest BCUT2D eigenvalue weighted by Crippen LogP contribution is 2.34. The van der Waals surface area contributed by atoms with Gasteiger partial charge in [0.15, 0.2) is 5.82 Å². The van der Waals surface area contributed by atoms with Crippen LogP contribution < -0.4 is 15.0 Å². The minimum Gasteiger partial charge on any atom is -0.493 e. The van der Waals surface area contributed by atoms with Crippen molar-refractivity contribution < 1.29 is 33.3 Å². The van der Waals surface area contributed by atoms with Gasteiger partial charge < -0.3 is 28.8 Å². The van der Waals surface area contributed by atoms with Crippen molar-refractivity contribution in [2.75, 3.05) is 18.1 Å². The molecular formula is C32H43Cl2N5O7. The molecule has 2 aromatic heterocycles. The van der Waals surface area contributed by atoms with Crippen LogP contribution in [0.25, 0.3) is 11.0 Å². The van der Waals surface area contributed by atoms with Crippen LogP contribution >= 0.6 is 23.2 Å². The zero-order chi connectivity index (χ0) is 34.4. The maximum absolute atomic E-state index is 13.3. The van der Waals surface area contributed by atoms with Crippen molar-refractivity contribution in [3.05, 3.63) is 46.3 Å². The number of imide groups is 1. The lowest BCUT2D eigenvalue weighted by molar-refractivity contribution is 0.0427. The second kappa shape index (κ2) is 14.8. The number of amides is 3. The van der Waals surface area contributed by atoms with E-state index in [4.69, 9.17) is 42.1 Å². The van der Waals surface area contributed by atoms with Crippen molar-refractivity contribution in [2.45, 2.75) is 98.5 Å². The predicted octanol–water partition coefficient (Wildman–Crippen LogP) is 8.15. The van der Waals surface area contributed by atoms with Crippen LogP contribution in [-0.2, 0) is 20.8 Å². The summed E-state index contributed by atoms with van der Waals surface area (Å²) in [5.41, 5.74) is -0.866. The molecule has 3 rings (SSSR count). The van der Waals surface area contributed by atoms with Gasteiger partial charge in [0.2, 0.25) is 0 Å². The first kappa shape index (κ1) is 36.7. The molecule has 12 nitrogen and oxygen atoms in total. The second-order valence-corrected chi connectivity index (χ2v) is 14.4. The molecule has 0 fully saturated rings. The Hall–Kier alpha value is -3.77. The number of carbonyl (C=O) groups is 3. The van der Waals surface area contributed by atoms with E-state index in [0.717, 1.165) is 4.90 Å². The molecular weight excluding hydrogens is 637 g/mol. The number of hydrogen-bond donors (Lipinski definition) is 1. The average Bonchev–Trinajstić information content (AvgIpc) is 3.28. The molecule has 0 atom stereocenters. The third-order valence-electron chi connectivity index (χ3n) is 5.83. The van der Waals surface area contributed by atoms with Crippen LogP contribution in [0.1, 0.15) is 80.7 Å². The molecule has 0 aliphatic carbocycles. The normalized spacial score (nSPS) is 12.1. The Morgan fingerprint density at radius 3 is 2.07 bits per heavy atom. The summed E-state index contributed by atoms with van der Waals surface area (Å²) in [6.07, 6.45) is 1.95. The number of unbranched alkanes of at least 4 members (excludes halogenated alkanes) is 1. The number of carbonyl (C=O) groups excluding carboxylic acids is 3. The van der Waals surface area contributed by atoms with E-state index >= 15 is 0 Å². The second-order valence-electron chi connectivity index (χ2n) is 13.5. The molecule has 1 aromatic carbocycles. The summed E-state index contributed by atoms with van der Waals surface area (Å²) in [5, 5.41) is 3.52. The van der Waals surface area contributed by atoms with Gasteiger partial charge >= 0.3 is 18.3 Å². The van der Waals surface area contributed by atoms with Crippen LogP contribution in [0.5, 0.6) is 5.75 Å². The summed E-state index contributed by atoms with van der Waals surface area (Å²) in [6, 6.07) is 5.01. The first-order valence-corrected chi connectivity index (χ1v) is 15.6. The molecule has 0 saturated heterocycles. The number of rotatable bonds is 9. The highest BCUT2D eigenvalue weighted by molar-refractivity contribution is 6.35. The van der Waals surface area contributed by atoms with E-state index < -0.39 is 35.1 Å². The molecule has 0 spiro atoms. The maximum Gasteiger partial charge on any atom is 0.425 e. The molecule has 252 valence electrons. The molecule has 14 heteroatoms. The molecule has 3 amide bonds. The standard InChI is InChI=1S/C32H43Cl2N5O7/c1-30(2,3)44-27(40)36-13-10-11-15-43-24-17-20(33)16-22(34)21(24)18-38-19-37-25-23(38)12-14-35-26(25)39(28(41)45-31(4,5)6)29(42)46-32(7,8)9/h12,14,16-17,19H,10-11,13,15,18H2,1-9H3,(H,36,40). The van der Waals surface area contributed by atoms with Gasteiger partial charge in [-0.15, -0.1) is 0 Å². The minimum absolute atomic E-state index is 0.0431. The molecule has 46 heavy (non-hydrogen) atoms. The smallest absolute Gasteiger partial charge is 0.425 e. The van der Waals surface area contributed by atoms with Crippen molar-refractivity contribution in [3.63, 3.8) is 0 Å². The van der Waals surface area contributed by atoms with Crippen LogP contribution in [0.4, 0.5) is 20.2 Å². The number of alkyl carbamates (subject to hydrolysis) is 1. The van der Waals surface area contributed by atoms with Gasteiger partial charge in [-0.2, -0.15) is 4.90 Å². The fraction of sp³-hybridized carbons (Fsp3) is 0.531. The summed E-state index contributed by atoms with van der Waals surface area (Å²) < 4.78 is 24.1. The van der Waals surface area contributed by atoms with Crippen molar-refractivity contribution in [1.82, 2.24) is 19.9 Å². The number of ether oxygens (including phenoxy) is 4. The SMILES string of the molecule is CC(C)(C)OC(=O)NCCCCOc1cc(Cl)cc(Cl)c1Cn1cnc2c(N(C(=O)OC(C)(C)C)C(=O)OC(C)(C)C)nccc21. The van der Waals surface area contributed by atoms with Crippen molar-refractivity contribution >= 4 is 58.3 Å². The summed E-state index contributed by atoms with van der Waals surface area (Å²) in [5.74, 6) is 0.441. The number of anilines is 1. The summed E-state index contributed by atoms with van der Waals surface area (Å²) in [6.45, 7) is 16.6. The van der Waals surface area contributed by atoms with Crippen LogP contribution in [0.15, 0.2) is 30.7 Å². The average molecular weight is 681 g/mol. The third-order valence-corrected chi connectivity index (χ3v) is 6.38. The van der Waals surface area contributed by atoms with E-state index in [1.165, 1.54) is 6.20 Å². The van der Waals surface area contributed by atoms with Crippen molar-refractivity contribution in [3.8, 4) is 5.75 Å². The van der Waals surface area contributed by atoms with Crippen molar-refractivity contribution in [2.24, 2.45) is 0 Å². The Labute approximate surface area is 279 Å². The Morgan fingerprint density at radius 2 is 1.48 bits per heavy atom. The van der Waals surface area contributed by atoms with Gasteiger partial charge in [0.05, 0.1) is 30.0 Å². The quantitative estimate of drug-likeness (QED) is 0.176. The molecule has 2 heterocycles. The van der Waals surface area contributed by atoms with E-state index in [0.29, 0.717) is 52.9 Å². The highest BCUT2D eigenvalue weighted by Gasteiger charge is 2.35. The molecule has 0 saturated carbocycles. The number of benzene rings is 1. The fourth-order valence-corrected chi connectivity index (χ4v) is 4.61. The van der Waals surface area contributed by atoms with Crippen LogP contribution in [-0.4, -0.2) is 62.8 Å². The van der Waals surface area contributed by atoms with Gasteiger partial charge in [0, 0.05) is 23.3 Å².